The summed E-state index contributed by atoms with van der Waals surface area (Å²) in [5, 5.41) is 12.7. The molecule has 0 radical (unpaired) electrons. The molecular formula is C24H22N2O4S. The van der Waals surface area contributed by atoms with Gasteiger partial charge >= 0.3 is 5.97 Å². The first-order valence-electron chi connectivity index (χ1n) is 9.98. The van der Waals surface area contributed by atoms with Crippen molar-refractivity contribution < 1.29 is 19.1 Å². The lowest BCUT2D eigenvalue weighted by Crippen LogP contribution is -2.16. The number of nitrogens with zero attached hydrogens (tertiary/aromatic N) is 1. The van der Waals surface area contributed by atoms with E-state index in [1.165, 1.54) is 17.4 Å². The van der Waals surface area contributed by atoms with Crippen molar-refractivity contribution in [3.63, 3.8) is 0 Å². The van der Waals surface area contributed by atoms with E-state index in [1.54, 1.807) is 31.2 Å². The number of carbonyl (C=O) groups is 2. The zero-order valence-corrected chi connectivity index (χ0v) is 18.0. The van der Waals surface area contributed by atoms with E-state index in [9.17, 15) is 14.9 Å². The van der Waals surface area contributed by atoms with Crippen molar-refractivity contribution in [1.82, 2.24) is 0 Å². The van der Waals surface area contributed by atoms with Crippen molar-refractivity contribution >= 4 is 34.3 Å². The molecule has 1 aliphatic rings. The molecule has 1 aliphatic carbocycles. The number of nitrogens with one attached hydrogen (secondary N) is 1. The second-order valence-electron chi connectivity index (χ2n) is 6.82. The van der Waals surface area contributed by atoms with Crippen molar-refractivity contribution in [1.29, 1.82) is 5.26 Å². The Morgan fingerprint density at radius 2 is 2.00 bits per heavy atom. The average Bonchev–Trinajstić information content (AvgIpc) is 3.14. The third-order valence-corrected chi connectivity index (χ3v) is 5.96. The number of hydrogen-bond acceptors (Lipinski definition) is 6. The Kier molecular flexibility index (Phi) is 7.48. The Morgan fingerprint density at radius 1 is 1.26 bits per heavy atom. The minimum absolute atomic E-state index is 0.0709. The fraction of sp³-hybridized carbons (Fsp3) is 0.292. The molecule has 1 N–H and O–H groups in total. The van der Waals surface area contributed by atoms with Gasteiger partial charge in [-0.25, -0.2) is 4.79 Å². The lowest BCUT2D eigenvalue weighted by atomic mass is 9.95. The van der Waals surface area contributed by atoms with E-state index < -0.39 is 11.9 Å². The molecule has 0 saturated heterocycles. The number of terminal acetylenes is 1. The standard InChI is InChI=1S/C24H22N2O4S/c1-3-13-30-18-11-9-16(10-12-18)14-17(15-25)22(27)26-23-21(24(28)29-4-2)19-7-5-6-8-20(19)31-23/h1,9-12,14H,4-8,13H2,2H3,(H,26,27). The van der Waals surface area contributed by atoms with E-state index in [1.807, 2.05) is 6.07 Å². The SMILES string of the molecule is C#CCOc1ccc(C=C(C#N)C(=O)Nc2sc3c(c2C(=O)OCC)CCCC3)cc1. The number of nitriles is 1. The molecule has 158 valence electrons. The highest BCUT2D eigenvalue weighted by molar-refractivity contribution is 7.17. The highest BCUT2D eigenvalue weighted by Gasteiger charge is 2.27. The number of hydrogen-bond donors (Lipinski definition) is 1. The lowest BCUT2D eigenvalue weighted by molar-refractivity contribution is -0.112. The fourth-order valence-electron chi connectivity index (χ4n) is 3.34. The van der Waals surface area contributed by atoms with Gasteiger partial charge in [0.05, 0.1) is 12.2 Å². The van der Waals surface area contributed by atoms with Gasteiger partial charge in [0.15, 0.2) is 0 Å². The van der Waals surface area contributed by atoms with Crippen LogP contribution in [0.1, 0.15) is 46.1 Å². The summed E-state index contributed by atoms with van der Waals surface area (Å²) in [6.07, 6.45) is 10.4. The number of benzene rings is 1. The molecule has 0 saturated carbocycles. The van der Waals surface area contributed by atoms with Gasteiger partial charge in [0.25, 0.3) is 5.91 Å². The van der Waals surface area contributed by atoms with Gasteiger partial charge in [-0.2, -0.15) is 5.26 Å². The molecule has 0 fully saturated rings. The molecule has 0 atom stereocenters. The van der Waals surface area contributed by atoms with Crippen molar-refractivity contribution in [3.05, 3.63) is 51.4 Å². The summed E-state index contributed by atoms with van der Waals surface area (Å²) in [6, 6.07) is 8.81. The van der Waals surface area contributed by atoms with E-state index in [2.05, 4.69) is 11.2 Å². The van der Waals surface area contributed by atoms with Gasteiger partial charge in [-0.3, -0.25) is 4.79 Å². The van der Waals surface area contributed by atoms with E-state index in [4.69, 9.17) is 15.9 Å². The third kappa shape index (κ3) is 5.33. The van der Waals surface area contributed by atoms with Crippen LogP contribution in [0.2, 0.25) is 0 Å². The number of aryl methyl sites for hydroxylation is 1. The molecule has 0 aliphatic heterocycles. The lowest BCUT2D eigenvalue weighted by Gasteiger charge is -2.12. The normalized spacial score (nSPS) is 12.8. The molecule has 2 aromatic rings. The average molecular weight is 435 g/mol. The van der Waals surface area contributed by atoms with Crippen molar-refractivity contribution in [2.75, 3.05) is 18.5 Å². The maximum absolute atomic E-state index is 12.8. The quantitative estimate of drug-likeness (QED) is 0.303. The van der Waals surface area contributed by atoms with E-state index >= 15 is 0 Å². The van der Waals surface area contributed by atoms with Gasteiger partial charge in [-0.05, 0) is 61.9 Å². The van der Waals surface area contributed by atoms with Crippen LogP contribution in [0.15, 0.2) is 29.8 Å². The van der Waals surface area contributed by atoms with Gasteiger partial charge in [-0.15, -0.1) is 17.8 Å². The fourth-order valence-corrected chi connectivity index (χ4v) is 4.62. The molecule has 3 rings (SSSR count). The van der Waals surface area contributed by atoms with E-state index in [-0.39, 0.29) is 18.8 Å². The monoisotopic (exact) mass is 434 g/mol. The predicted octanol–water partition coefficient (Wildman–Crippen LogP) is 4.36. The highest BCUT2D eigenvalue weighted by atomic mass is 32.1. The van der Waals surface area contributed by atoms with Gasteiger partial charge < -0.3 is 14.8 Å². The van der Waals surface area contributed by atoms with Crippen LogP contribution in [-0.2, 0) is 22.4 Å². The molecule has 1 heterocycles. The smallest absolute Gasteiger partial charge is 0.341 e. The number of carbonyl (C=O) groups excluding carboxylic acids is 2. The molecule has 1 aromatic carbocycles. The van der Waals surface area contributed by atoms with E-state index in [0.717, 1.165) is 36.1 Å². The molecule has 7 heteroatoms. The number of ether oxygens (including phenoxy) is 2. The summed E-state index contributed by atoms with van der Waals surface area (Å²) in [6.45, 7) is 2.16. The third-order valence-electron chi connectivity index (χ3n) is 4.76. The van der Waals surface area contributed by atoms with Crippen molar-refractivity contribution in [2.45, 2.75) is 32.6 Å². The topological polar surface area (TPSA) is 88.4 Å². The number of esters is 1. The molecule has 0 unspecified atom stereocenters. The van der Waals surface area contributed by atoms with Gasteiger partial charge in [0.2, 0.25) is 0 Å². The molecule has 1 aromatic heterocycles. The minimum Gasteiger partial charge on any atom is -0.481 e. The number of anilines is 1. The maximum Gasteiger partial charge on any atom is 0.341 e. The number of amides is 1. The summed E-state index contributed by atoms with van der Waals surface area (Å²) in [5.41, 5.74) is 1.96. The Bertz CT molecular complexity index is 1080. The van der Waals surface area contributed by atoms with Crippen molar-refractivity contribution in [2.24, 2.45) is 0 Å². The Labute approximate surface area is 185 Å². The van der Waals surface area contributed by atoms with Gasteiger partial charge in [-0.1, -0.05) is 18.1 Å². The predicted molar refractivity (Wildman–Crippen MR) is 120 cm³/mol. The molecule has 0 spiro atoms. The van der Waals surface area contributed by atoms with Crippen LogP contribution in [-0.4, -0.2) is 25.1 Å². The molecule has 1 amide bonds. The molecule has 31 heavy (non-hydrogen) atoms. The number of thiophene rings is 1. The molecule has 0 bridgehead atoms. The summed E-state index contributed by atoms with van der Waals surface area (Å²) >= 11 is 1.39. The molecule has 6 nitrogen and oxygen atoms in total. The van der Waals surface area contributed by atoms with Crippen LogP contribution in [0.3, 0.4) is 0 Å². The van der Waals surface area contributed by atoms with Crippen LogP contribution >= 0.6 is 11.3 Å². The van der Waals surface area contributed by atoms with Gasteiger partial charge in [0, 0.05) is 4.88 Å². The summed E-state index contributed by atoms with van der Waals surface area (Å²) in [7, 11) is 0. The minimum atomic E-state index is -0.570. The maximum atomic E-state index is 12.8. The van der Waals surface area contributed by atoms with Crippen LogP contribution in [0.4, 0.5) is 5.00 Å². The highest BCUT2D eigenvalue weighted by Crippen LogP contribution is 2.38. The number of fused-ring (bicyclic) bond motifs is 1. The second kappa shape index (κ2) is 10.5. The summed E-state index contributed by atoms with van der Waals surface area (Å²) in [4.78, 5) is 26.4. The zero-order valence-electron chi connectivity index (χ0n) is 17.2. The Morgan fingerprint density at radius 3 is 2.68 bits per heavy atom. The Hall–Kier alpha value is -3.55. The Balaban J connectivity index is 1.83. The number of rotatable bonds is 7. The second-order valence-corrected chi connectivity index (χ2v) is 7.93. The first-order chi connectivity index (χ1) is 15.1. The van der Waals surface area contributed by atoms with E-state index in [0.29, 0.717) is 21.9 Å². The zero-order chi connectivity index (χ0) is 22.2. The summed E-state index contributed by atoms with van der Waals surface area (Å²) in [5.74, 6) is 1.97. The van der Waals surface area contributed by atoms with Crippen LogP contribution in [0, 0.1) is 23.7 Å². The van der Waals surface area contributed by atoms with Crippen LogP contribution in [0.25, 0.3) is 6.08 Å². The van der Waals surface area contributed by atoms with Crippen molar-refractivity contribution in [3.8, 4) is 24.2 Å². The molecular weight excluding hydrogens is 412 g/mol. The van der Waals surface area contributed by atoms with Crippen LogP contribution in [0.5, 0.6) is 5.75 Å². The van der Waals surface area contributed by atoms with Gasteiger partial charge in [0.1, 0.15) is 29.0 Å². The first-order valence-corrected chi connectivity index (χ1v) is 10.8. The van der Waals surface area contributed by atoms with Crippen LogP contribution < -0.4 is 10.1 Å². The largest absolute Gasteiger partial charge is 0.481 e. The first kappa shape index (κ1) is 22.1. The summed E-state index contributed by atoms with van der Waals surface area (Å²) < 4.78 is 10.5.